The molecule has 1 heterocycles. The van der Waals surface area contributed by atoms with E-state index in [4.69, 9.17) is 4.74 Å². The second-order valence-electron chi connectivity index (χ2n) is 3.84. The fourth-order valence-electron chi connectivity index (χ4n) is 1.65. The predicted octanol–water partition coefficient (Wildman–Crippen LogP) is 1.73. The van der Waals surface area contributed by atoms with Crippen LogP contribution in [0.4, 0.5) is 0 Å². The number of carbonyl (C=O) groups excluding carboxylic acids is 2. The molecule has 1 aliphatic heterocycles. The fraction of sp³-hybridized carbons (Fsp3) is 0.308. The minimum Gasteiger partial charge on any atom is -0.405 e. The Kier molecular flexibility index (Phi) is 3.32. The lowest BCUT2D eigenvalue weighted by Crippen LogP contribution is -2.25. The Balaban J connectivity index is 2.20. The summed E-state index contributed by atoms with van der Waals surface area (Å²) in [6.45, 7) is 1.89. The molecule has 1 aliphatic rings. The molecule has 4 heteroatoms. The van der Waals surface area contributed by atoms with E-state index in [2.05, 4.69) is 4.99 Å². The highest BCUT2D eigenvalue weighted by Gasteiger charge is 2.34. The van der Waals surface area contributed by atoms with Gasteiger partial charge in [-0.3, -0.25) is 4.79 Å². The molecule has 17 heavy (non-hydrogen) atoms. The number of esters is 1. The summed E-state index contributed by atoms with van der Waals surface area (Å²) < 4.78 is 5.02. The van der Waals surface area contributed by atoms with Crippen LogP contribution in [0.25, 0.3) is 0 Å². The van der Waals surface area contributed by atoms with Crippen molar-refractivity contribution in [3.8, 4) is 0 Å². The zero-order chi connectivity index (χ0) is 12.3. The van der Waals surface area contributed by atoms with Gasteiger partial charge in [-0.2, -0.15) is 0 Å². The summed E-state index contributed by atoms with van der Waals surface area (Å²) in [6.07, 6.45) is 1.06. The first kappa shape index (κ1) is 11.5. The van der Waals surface area contributed by atoms with Gasteiger partial charge >= 0.3 is 5.97 Å². The second kappa shape index (κ2) is 4.91. The van der Waals surface area contributed by atoms with Crippen LogP contribution < -0.4 is 0 Å². The SMILES string of the molecule is CCCC(=O)C1N=C(c2ccccc2)OC1=O. The van der Waals surface area contributed by atoms with Crippen molar-refractivity contribution in [3.63, 3.8) is 0 Å². The van der Waals surface area contributed by atoms with Crippen LogP contribution in [0.5, 0.6) is 0 Å². The summed E-state index contributed by atoms with van der Waals surface area (Å²) in [5.41, 5.74) is 0.715. The zero-order valence-corrected chi connectivity index (χ0v) is 9.55. The molecule has 0 radical (unpaired) electrons. The maximum Gasteiger partial charge on any atom is 0.345 e. The van der Waals surface area contributed by atoms with Crippen LogP contribution in [0, 0.1) is 0 Å². The van der Waals surface area contributed by atoms with Gasteiger partial charge in [0.1, 0.15) is 0 Å². The fourth-order valence-corrected chi connectivity index (χ4v) is 1.65. The summed E-state index contributed by atoms with van der Waals surface area (Å²) >= 11 is 0. The molecule has 0 aliphatic carbocycles. The van der Waals surface area contributed by atoms with Gasteiger partial charge in [0, 0.05) is 12.0 Å². The Morgan fingerprint density at radius 3 is 2.71 bits per heavy atom. The first-order valence-electron chi connectivity index (χ1n) is 5.60. The van der Waals surface area contributed by atoms with Crippen molar-refractivity contribution in [1.82, 2.24) is 0 Å². The highest BCUT2D eigenvalue weighted by molar-refractivity contribution is 6.15. The molecular formula is C13H13NO3. The lowest BCUT2D eigenvalue weighted by atomic mass is 10.1. The van der Waals surface area contributed by atoms with E-state index in [0.29, 0.717) is 18.4 Å². The van der Waals surface area contributed by atoms with Crippen molar-refractivity contribution in [3.05, 3.63) is 35.9 Å². The van der Waals surface area contributed by atoms with Crippen molar-refractivity contribution in [2.24, 2.45) is 4.99 Å². The molecule has 1 aromatic rings. The quantitative estimate of drug-likeness (QED) is 0.585. The minimum atomic E-state index is -0.967. The van der Waals surface area contributed by atoms with Gasteiger partial charge in [0.2, 0.25) is 11.9 Å². The van der Waals surface area contributed by atoms with Gasteiger partial charge in [-0.25, -0.2) is 9.79 Å². The van der Waals surface area contributed by atoms with Crippen LogP contribution in [0.3, 0.4) is 0 Å². The average molecular weight is 231 g/mol. The Hall–Kier alpha value is -1.97. The van der Waals surface area contributed by atoms with Crippen LogP contribution in [0.15, 0.2) is 35.3 Å². The number of ketones is 1. The average Bonchev–Trinajstić information content (AvgIpc) is 2.73. The van der Waals surface area contributed by atoms with E-state index in [1.165, 1.54) is 0 Å². The minimum absolute atomic E-state index is 0.177. The third-order valence-corrected chi connectivity index (χ3v) is 2.49. The van der Waals surface area contributed by atoms with Gasteiger partial charge in [0.25, 0.3) is 0 Å². The molecule has 1 unspecified atom stereocenters. The third-order valence-electron chi connectivity index (χ3n) is 2.49. The van der Waals surface area contributed by atoms with Crippen molar-refractivity contribution >= 4 is 17.7 Å². The van der Waals surface area contributed by atoms with Crippen LogP contribution in [0.1, 0.15) is 25.3 Å². The summed E-state index contributed by atoms with van der Waals surface area (Å²) in [5.74, 6) is -0.504. The maximum atomic E-state index is 11.6. The number of hydrogen-bond acceptors (Lipinski definition) is 4. The summed E-state index contributed by atoms with van der Waals surface area (Å²) in [4.78, 5) is 27.2. The lowest BCUT2D eigenvalue weighted by molar-refractivity contribution is -0.138. The van der Waals surface area contributed by atoms with Gasteiger partial charge in [-0.15, -0.1) is 0 Å². The summed E-state index contributed by atoms with van der Waals surface area (Å²) in [7, 11) is 0. The highest BCUT2D eigenvalue weighted by Crippen LogP contribution is 2.15. The van der Waals surface area contributed by atoms with E-state index in [-0.39, 0.29) is 11.7 Å². The van der Waals surface area contributed by atoms with Gasteiger partial charge in [0.05, 0.1) is 0 Å². The van der Waals surface area contributed by atoms with E-state index in [1.54, 1.807) is 12.1 Å². The van der Waals surface area contributed by atoms with Gasteiger partial charge in [-0.05, 0) is 18.6 Å². The Labute approximate surface area is 99.3 Å². The van der Waals surface area contributed by atoms with Crippen molar-refractivity contribution in [1.29, 1.82) is 0 Å². The number of aliphatic imine (C=N–C) groups is 1. The topological polar surface area (TPSA) is 55.7 Å². The Morgan fingerprint density at radius 1 is 1.35 bits per heavy atom. The number of nitrogens with zero attached hydrogens (tertiary/aromatic N) is 1. The van der Waals surface area contributed by atoms with Crippen molar-refractivity contribution < 1.29 is 14.3 Å². The molecule has 0 spiro atoms. The smallest absolute Gasteiger partial charge is 0.345 e. The zero-order valence-electron chi connectivity index (χ0n) is 9.55. The Morgan fingerprint density at radius 2 is 2.06 bits per heavy atom. The molecule has 0 N–H and O–H groups in total. The molecule has 1 aromatic carbocycles. The standard InChI is InChI=1S/C13H13NO3/c1-2-6-10(15)11-13(16)17-12(14-11)9-7-4-3-5-8-9/h3-5,7-8,11H,2,6H2,1H3. The molecule has 0 fully saturated rings. The van der Waals surface area contributed by atoms with E-state index in [1.807, 2.05) is 25.1 Å². The van der Waals surface area contributed by atoms with Crippen LogP contribution >= 0.6 is 0 Å². The van der Waals surface area contributed by atoms with Crippen LogP contribution in [0.2, 0.25) is 0 Å². The molecule has 0 aromatic heterocycles. The molecule has 0 saturated carbocycles. The van der Waals surface area contributed by atoms with Gasteiger partial charge < -0.3 is 4.74 Å². The van der Waals surface area contributed by atoms with Crippen molar-refractivity contribution in [2.75, 3.05) is 0 Å². The maximum absolute atomic E-state index is 11.6. The number of benzene rings is 1. The molecule has 1 atom stereocenters. The van der Waals surface area contributed by atoms with E-state index < -0.39 is 12.0 Å². The third kappa shape index (κ3) is 2.41. The summed E-state index contributed by atoms with van der Waals surface area (Å²) in [5, 5.41) is 0. The largest absolute Gasteiger partial charge is 0.405 e. The number of rotatable bonds is 4. The number of carbonyl (C=O) groups is 2. The number of ether oxygens (including phenoxy) is 1. The van der Waals surface area contributed by atoms with E-state index in [9.17, 15) is 9.59 Å². The van der Waals surface area contributed by atoms with Gasteiger partial charge in [-0.1, -0.05) is 25.1 Å². The van der Waals surface area contributed by atoms with E-state index >= 15 is 0 Å². The molecule has 0 amide bonds. The number of hydrogen-bond donors (Lipinski definition) is 0. The van der Waals surface area contributed by atoms with Crippen LogP contribution in [-0.2, 0) is 14.3 Å². The predicted molar refractivity (Wildman–Crippen MR) is 62.8 cm³/mol. The lowest BCUT2D eigenvalue weighted by Gasteiger charge is -1.99. The molecule has 0 bridgehead atoms. The van der Waals surface area contributed by atoms with Crippen molar-refractivity contribution in [2.45, 2.75) is 25.8 Å². The molecular weight excluding hydrogens is 218 g/mol. The normalized spacial score (nSPS) is 18.8. The second-order valence-corrected chi connectivity index (χ2v) is 3.84. The molecule has 88 valence electrons. The highest BCUT2D eigenvalue weighted by atomic mass is 16.6. The van der Waals surface area contributed by atoms with Gasteiger partial charge in [0.15, 0.2) is 5.78 Å². The molecule has 0 saturated heterocycles. The van der Waals surface area contributed by atoms with E-state index in [0.717, 1.165) is 0 Å². The summed E-state index contributed by atoms with van der Waals surface area (Å²) in [6, 6.07) is 8.13. The number of cyclic esters (lactones) is 1. The first-order valence-corrected chi connectivity index (χ1v) is 5.60. The molecule has 2 rings (SSSR count). The monoisotopic (exact) mass is 231 g/mol. The number of Topliss-reactive ketones (excluding diaryl/α,β-unsaturated/α-hetero) is 1. The van der Waals surface area contributed by atoms with Crippen LogP contribution in [-0.4, -0.2) is 23.7 Å². The Bertz CT molecular complexity index is 465. The molecule has 4 nitrogen and oxygen atoms in total. The first-order chi connectivity index (χ1) is 8.22.